The summed E-state index contributed by atoms with van der Waals surface area (Å²) in [6.45, 7) is 5.75. The van der Waals surface area contributed by atoms with E-state index in [4.69, 9.17) is 9.15 Å². The molecule has 4 aromatic carbocycles. The second-order valence-electron chi connectivity index (χ2n) is 8.86. The maximum Gasteiger partial charge on any atom is 0.339 e. The average molecular weight is 479 g/mol. The highest BCUT2D eigenvalue weighted by atomic mass is 16.5. The fraction of sp³-hybridized carbons (Fsp3) is 0.167. The molecule has 0 bridgehead atoms. The highest BCUT2D eigenvalue weighted by molar-refractivity contribution is 6.10. The summed E-state index contributed by atoms with van der Waals surface area (Å²) in [7, 11) is 0. The number of carbonyl (C=O) groups excluding carboxylic acids is 2. The summed E-state index contributed by atoms with van der Waals surface area (Å²) in [5.74, 6) is -0.525. The van der Waals surface area contributed by atoms with E-state index in [1.165, 1.54) is 0 Å². The second-order valence-corrected chi connectivity index (χ2v) is 8.86. The van der Waals surface area contributed by atoms with E-state index in [1.807, 2.05) is 87.5 Å². The van der Waals surface area contributed by atoms with Crippen LogP contribution in [0.25, 0.3) is 33.3 Å². The van der Waals surface area contributed by atoms with E-state index in [2.05, 4.69) is 10.3 Å². The van der Waals surface area contributed by atoms with E-state index in [-0.39, 0.29) is 5.91 Å². The number of anilines is 1. The number of aromatic nitrogens is 1. The molecule has 1 heterocycles. The van der Waals surface area contributed by atoms with Crippen LogP contribution in [0.2, 0.25) is 0 Å². The summed E-state index contributed by atoms with van der Waals surface area (Å²) in [5.41, 5.74) is 5.19. The van der Waals surface area contributed by atoms with E-state index in [9.17, 15) is 9.59 Å². The third-order valence-corrected chi connectivity index (χ3v) is 6.05. The number of para-hydroxylation sites is 2. The monoisotopic (exact) mass is 478 g/mol. The molecule has 180 valence electrons. The number of oxazole rings is 1. The number of carbonyl (C=O) groups is 2. The van der Waals surface area contributed by atoms with Crippen LogP contribution in [0.3, 0.4) is 0 Å². The van der Waals surface area contributed by atoms with Crippen molar-refractivity contribution in [2.45, 2.75) is 33.3 Å². The van der Waals surface area contributed by atoms with Crippen molar-refractivity contribution in [3.63, 3.8) is 0 Å². The maximum absolute atomic E-state index is 13.4. The normalized spacial score (nSPS) is 12.0. The lowest BCUT2D eigenvalue weighted by Gasteiger charge is -2.17. The first-order chi connectivity index (χ1) is 17.4. The Morgan fingerprint density at radius 1 is 0.944 bits per heavy atom. The number of hydrogen-bond acceptors (Lipinski definition) is 5. The highest BCUT2D eigenvalue weighted by Crippen LogP contribution is 2.33. The molecule has 5 rings (SSSR count). The van der Waals surface area contributed by atoms with Gasteiger partial charge in [-0.25, -0.2) is 9.78 Å². The topological polar surface area (TPSA) is 81.4 Å². The zero-order chi connectivity index (χ0) is 25.2. The Kier molecular flexibility index (Phi) is 6.25. The Labute approximate surface area is 208 Å². The molecule has 0 radical (unpaired) electrons. The summed E-state index contributed by atoms with van der Waals surface area (Å²) >= 11 is 0. The van der Waals surface area contributed by atoms with Gasteiger partial charge < -0.3 is 14.5 Å². The lowest BCUT2D eigenvalue weighted by atomic mass is 9.99. The van der Waals surface area contributed by atoms with E-state index in [0.29, 0.717) is 40.1 Å². The minimum Gasteiger partial charge on any atom is -0.449 e. The van der Waals surface area contributed by atoms with Crippen LogP contribution in [0, 0.1) is 13.8 Å². The quantitative estimate of drug-likeness (QED) is 0.270. The van der Waals surface area contributed by atoms with Crippen molar-refractivity contribution in [1.82, 2.24) is 4.98 Å². The van der Waals surface area contributed by atoms with Gasteiger partial charge in [0.25, 0.3) is 5.91 Å². The third-order valence-electron chi connectivity index (χ3n) is 6.05. The zero-order valence-corrected chi connectivity index (χ0v) is 20.4. The Morgan fingerprint density at radius 2 is 1.67 bits per heavy atom. The number of amides is 1. The molecule has 1 aromatic heterocycles. The van der Waals surface area contributed by atoms with E-state index in [0.717, 1.165) is 22.0 Å². The van der Waals surface area contributed by atoms with Crippen LogP contribution in [-0.4, -0.2) is 23.0 Å². The predicted molar refractivity (Wildman–Crippen MR) is 141 cm³/mol. The molecular formula is C30H26N2O4. The van der Waals surface area contributed by atoms with Gasteiger partial charge in [0, 0.05) is 16.6 Å². The van der Waals surface area contributed by atoms with Crippen LogP contribution in [-0.2, 0) is 9.53 Å². The summed E-state index contributed by atoms with van der Waals surface area (Å²) in [4.78, 5) is 31.0. The van der Waals surface area contributed by atoms with Crippen LogP contribution in [0.4, 0.5) is 5.69 Å². The number of rotatable bonds is 6. The summed E-state index contributed by atoms with van der Waals surface area (Å²) in [6, 6.07) is 24.4. The smallest absolute Gasteiger partial charge is 0.339 e. The number of aryl methyl sites for hydroxylation is 2. The van der Waals surface area contributed by atoms with Crippen molar-refractivity contribution in [3.8, 4) is 11.5 Å². The van der Waals surface area contributed by atoms with Crippen LogP contribution < -0.4 is 5.32 Å². The van der Waals surface area contributed by atoms with E-state index < -0.39 is 12.1 Å². The van der Waals surface area contributed by atoms with E-state index in [1.54, 1.807) is 12.1 Å². The van der Waals surface area contributed by atoms with Gasteiger partial charge in [-0.1, -0.05) is 49.4 Å². The molecule has 0 aliphatic rings. The fourth-order valence-corrected chi connectivity index (χ4v) is 4.46. The Morgan fingerprint density at radius 3 is 2.39 bits per heavy atom. The number of hydrogen-bond donors (Lipinski definition) is 1. The Hall–Kier alpha value is -4.45. The molecule has 6 nitrogen and oxygen atoms in total. The number of nitrogens with one attached hydrogen (secondary N) is 1. The molecule has 0 saturated carbocycles. The minimum absolute atomic E-state index is 0.338. The first kappa shape index (κ1) is 23.3. The molecule has 6 heteroatoms. The molecule has 5 aromatic rings. The molecule has 1 amide bonds. The molecule has 36 heavy (non-hydrogen) atoms. The Bertz CT molecular complexity index is 1540. The Balaban J connectivity index is 1.47. The van der Waals surface area contributed by atoms with Gasteiger partial charge in [0.1, 0.15) is 5.52 Å². The average Bonchev–Trinajstić information content (AvgIpc) is 3.30. The van der Waals surface area contributed by atoms with Crippen molar-refractivity contribution in [1.29, 1.82) is 0 Å². The van der Waals surface area contributed by atoms with E-state index >= 15 is 0 Å². The standard InChI is InChI=1S/C30H26N2O4/c1-4-25(28(33)31-21-16-18(2)15-19(3)17-21)36-30(34)23-12-8-10-20-9-7-11-22(27(20)23)29-32-24-13-5-6-14-26(24)35-29/h5-17,25H,4H2,1-3H3,(H,31,33). The van der Waals surface area contributed by atoms with Gasteiger partial charge in [0.2, 0.25) is 5.89 Å². The van der Waals surface area contributed by atoms with Gasteiger partial charge in [0.05, 0.1) is 5.56 Å². The second kappa shape index (κ2) is 9.66. The van der Waals surface area contributed by atoms with Crippen molar-refractivity contribution in [2.24, 2.45) is 0 Å². The van der Waals surface area contributed by atoms with Crippen molar-refractivity contribution in [2.75, 3.05) is 5.32 Å². The first-order valence-electron chi connectivity index (χ1n) is 11.9. The summed E-state index contributed by atoms with van der Waals surface area (Å²) in [6.07, 6.45) is -0.601. The summed E-state index contributed by atoms with van der Waals surface area (Å²) < 4.78 is 11.7. The molecule has 1 N–H and O–H groups in total. The molecule has 0 aliphatic carbocycles. The van der Waals surface area contributed by atoms with Crippen LogP contribution >= 0.6 is 0 Å². The predicted octanol–water partition coefficient (Wildman–Crippen LogP) is 6.84. The maximum atomic E-state index is 13.4. The van der Waals surface area contributed by atoms with Gasteiger partial charge in [-0.2, -0.15) is 0 Å². The first-order valence-corrected chi connectivity index (χ1v) is 11.9. The van der Waals surface area contributed by atoms with Crippen molar-refractivity contribution < 1.29 is 18.7 Å². The number of ether oxygens (including phenoxy) is 1. The molecule has 1 unspecified atom stereocenters. The van der Waals surface area contributed by atoms with Crippen molar-refractivity contribution >= 4 is 39.4 Å². The molecule has 0 aliphatic heterocycles. The van der Waals surface area contributed by atoms with Gasteiger partial charge in [-0.05, 0) is 73.2 Å². The largest absolute Gasteiger partial charge is 0.449 e. The van der Waals surface area contributed by atoms with Gasteiger partial charge in [0.15, 0.2) is 11.7 Å². The number of nitrogens with zero attached hydrogens (tertiary/aromatic N) is 1. The lowest BCUT2D eigenvalue weighted by molar-refractivity contribution is -0.124. The van der Waals surface area contributed by atoms with Crippen LogP contribution in [0.15, 0.2) is 83.3 Å². The van der Waals surface area contributed by atoms with Crippen LogP contribution in [0.1, 0.15) is 34.8 Å². The molecular weight excluding hydrogens is 452 g/mol. The van der Waals surface area contributed by atoms with Gasteiger partial charge in [-0.15, -0.1) is 0 Å². The summed E-state index contributed by atoms with van der Waals surface area (Å²) in [5, 5.41) is 4.39. The van der Waals surface area contributed by atoms with Gasteiger partial charge >= 0.3 is 5.97 Å². The molecule has 0 saturated heterocycles. The number of esters is 1. The van der Waals surface area contributed by atoms with Crippen LogP contribution in [0.5, 0.6) is 0 Å². The lowest BCUT2D eigenvalue weighted by Crippen LogP contribution is -2.32. The fourth-order valence-electron chi connectivity index (χ4n) is 4.46. The minimum atomic E-state index is -0.940. The third kappa shape index (κ3) is 4.58. The molecule has 1 atom stereocenters. The van der Waals surface area contributed by atoms with Crippen molar-refractivity contribution in [3.05, 3.63) is 95.6 Å². The van der Waals surface area contributed by atoms with Gasteiger partial charge in [-0.3, -0.25) is 4.79 Å². The SMILES string of the molecule is CCC(OC(=O)c1cccc2cccc(-c3nc4ccccc4o3)c12)C(=O)Nc1cc(C)cc(C)c1. The highest BCUT2D eigenvalue weighted by Gasteiger charge is 2.25. The molecule has 0 fully saturated rings. The number of fused-ring (bicyclic) bond motifs is 2. The zero-order valence-electron chi connectivity index (χ0n) is 20.4. The molecule has 0 spiro atoms. The number of benzene rings is 4.